The standard InChI is InChI=1S/C30H29N7O2/c31-18-22(17-20-8-9-20)30(38)36-15-4-5-23(36)14-16-37-29-26(28(32)33-19-34-29)27(35-37)21-10-12-25(13-11-21)39-24-6-2-1-3-7-24/h1-3,6-7,10-13,17,19-20,23H,4-5,8-9,14-16H2,(H2,32,33,34)/t23-/m1/s1. The number of anilines is 1. The summed E-state index contributed by atoms with van der Waals surface area (Å²) in [4.78, 5) is 23.7. The lowest BCUT2D eigenvalue weighted by Gasteiger charge is -2.24. The molecular formula is C30H29N7O2. The molecule has 2 aliphatic rings. The maximum atomic E-state index is 13.1. The lowest BCUT2D eigenvalue weighted by Crippen LogP contribution is -2.37. The van der Waals surface area contributed by atoms with Crippen LogP contribution in [-0.4, -0.2) is 43.1 Å². The van der Waals surface area contributed by atoms with Crippen LogP contribution in [0.1, 0.15) is 32.1 Å². The largest absolute Gasteiger partial charge is 0.457 e. The van der Waals surface area contributed by atoms with E-state index in [1.807, 2.05) is 70.3 Å². The summed E-state index contributed by atoms with van der Waals surface area (Å²) in [6, 6.07) is 19.5. The average molecular weight is 520 g/mol. The highest BCUT2D eigenvalue weighted by molar-refractivity contribution is 5.98. The number of nitrogens with two attached hydrogens (primary N) is 1. The fourth-order valence-electron chi connectivity index (χ4n) is 5.18. The van der Waals surface area contributed by atoms with Crippen LogP contribution in [0.25, 0.3) is 22.3 Å². The number of amides is 1. The molecule has 1 saturated heterocycles. The van der Waals surface area contributed by atoms with Crippen LogP contribution in [-0.2, 0) is 11.3 Å². The molecular weight excluding hydrogens is 490 g/mol. The van der Waals surface area contributed by atoms with Crippen molar-refractivity contribution in [1.82, 2.24) is 24.6 Å². The minimum Gasteiger partial charge on any atom is -0.457 e. The first-order valence-electron chi connectivity index (χ1n) is 13.3. The number of hydrogen-bond acceptors (Lipinski definition) is 7. The summed E-state index contributed by atoms with van der Waals surface area (Å²) in [6.07, 6.45) is 7.95. The Labute approximate surface area is 226 Å². The van der Waals surface area contributed by atoms with E-state index in [1.54, 1.807) is 0 Å². The van der Waals surface area contributed by atoms with Crippen molar-refractivity contribution in [2.45, 2.75) is 44.7 Å². The SMILES string of the molecule is N#CC(=CC1CC1)C(=O)N1CCC[C@@H]1CCn1nc(-c2ccc(Oc3ccccc3)cc2)c2c(N)ncnc21. The third kappa shape index (κ3) is 5.18. The van der Waals surface area contributed by atoms with Gasteiger partial charge in [-0.05, 0) is 74.4 Å². The lowest BCUT2D eigenvalue weighted by molar-refractivity contribution is -0.127. The molecule has 3 heterocycles. The third-order valence-corrected chi connectivity index (χ3v) is 7.35. The fraction of sp³-hybridized carbons (Fsp3) is 0.300. The topological polar surface area (TPSA) is 123 Å². The van der Waals surface area contributed by atoms with Crippen molar-refractivity contribution in [1.29, 1.82) is 5.26 Å². The predicted molar refractivity (Wildman–Crippen MR) is 147 cm³/mol. The number of fused-ring (bicyclic) bond motifs is 1. The molecule has 4 aromatic rings. The van der Waals surface area contributed by atoms with E-state index >= 15 is 0 Å². The number of aryl methyl sites for hydroxylation is 1. The van der Waals surface area contributed by atoms with Crippen LogP contribution < -0.4 is 10.5 Å². The first-order chi connectivity index (χ1) is 19.1. The van der Waals surface area contributed by atoms with E-state index in [-0.39, 0.29) is 17.5 Å². The first-order valence-corrected chi connectivity index (χ1v) is 13.3. The molecule has 9 nitrogen and oxygen atoms in total. The maximum Gasteiger partial charge on any atom is 0.264 e. The molecule has 2 aromatic carbocycles. The zero-order chi connectivity index (χ0) is 26.8. The summed E-state index contributed by atoms with van der Waals surface area (Å²) < 4.78 is 7.78. The summed E-state index contributed by atoms with van der Waals surface area (Å²) in [7, 11) is 0. The van der Waals surface area contributed by atoms with Crippen molar-refractivity contribution < 1.29 is 9.53 Å². The molecule has 9 heteroatoms. The fourth-order valence-corrected chi connectivity index (χ4v) is 5.18. The number of benzene rings is 2. The smallest absolute Gasteiger partial charge is 0.264 e. The van der Waals surface area contributed by atoms with Gasteiger partial charge in [0.1, 0.15) is 41.0 Å². The van der Waals surface area contributed by atoms with Gasteiger partial charge in [0, 0.05) is 24.7 Å². The van der Waals surface area contributed by atoms with Crippen molar-refractivity contribution in [2.24, 2.45) is 5.92 Å². The molecule has 2 fully saturated rings. The van der Waals surface area contributed by atoms with Gasteiger partial charge in [-0.15, -0.1) is 0 Å². The monoisotopic (exact) mass is 519 g/mol. The number of allylic oxidation sites excluding steroid dienone is 1. The second-order valence-electron chi connectivity index (χ2n) is 10.1. The van der Waals surface area contributed by atoms with E-state index in [9.17, 15) is 10.1 Å². The van der Waals surface area contributed by atoms with Crippen LogP contribution in [0.2, 0.25) is 0 Å². The molecule has 1 atom stereocenters. The third-order valence-electron chi connectivity index (χ3n) is 7.35. The molecule has 6 rings (SSSR count). The molecule has 1 amide bonds. The van der Waals surface area contributed by atoms with Crippen molar-refractivity contribution >= 4 is 22.8 Å². The minimum atomic E-state index is -0.151. The number of nitrogen functional groups attached to an aromatic ring is 1. The molecule has 0 bridgehead atoms. The number of carbonyl (C=O) groups excluding carboxylic acids is 1. The molecule has 1 aliphatic carbocycles. The number of ether oxygens (including phenoxy) is 1. The zero-order valence-electron chi connectivity index (χ0n) is 21.5. The van der Waals surface area contributed by atoms with E-state index in [4.69, 9.17) is 15.6 Å². The summed E-state index contributed by atoms with van der Waals surface area (Å²) in [5, 5.41) is 15.2. The van der Waals surface area contributed by atoms with E-state index in [0.29, 0.717) is 48.0 Å². The average Bonchev–Trinajstić information content (AvgIpc) is 3.52. The van der Waals surface area contributed by atoms with Crippen molar-refractivity contribution in [3.8, 4) is 28.8 Å². The minimum absolute atomic E-state index is 0.0461. The summed E-state index contributed by atoms with van der Waals surface area (Å²) >= 11 is 0. The quantitative estimate of drug-likeness (QED) is 0.253. The highest BCUT2D eigenvalue weighted by Gasteiger charge is 2.32. The highest BCUT2D eigenvalue weighted by Crippen LogP contribution is 2.34. The number of nitriles is 1. The molecule has 0 radical (unpaired) electrons. The Balaban J connectivity index is 1.22. The van der Waals surface area contributed by atoms with Gasteiger partial charge in [-0.1, -0.05) is 24.3 Å². The van der Waals surface area contributed by atoms with Crippen LogP contribution in [0.3, 0.4) is 0 Å². The number of para-hydroxylation sites is 1. The van der Waals surface area contributed by atoms with Gasteiger partial charge in [0.25, 0.3) is 5.91 Å². The summed E-state index contributed by atoms with van der Waals surface area (Å²) in [6.45, 7) is 1.23. The molecule has 0 spiro atoms. The Bertz CT molecular complexity index is 1570. The van der Waals surface area contributed by atoms with Gasteiger partial charge in [0.15, 0.2) is 5.65 Å². The Morgan fingerprint density at radius 3 is 2.59 bits per heavy atom. The number of rotatable bonds is 8. The van der Waals surface area contributed by atoms with Crippen molar-refractivity contribution in [3.05, 3.63) is 72.6 Å². The van der Waals surface area contributed by atoms with Gasteiger partial charge in [0.2, 0.25) is 0 Å². The molecule has 1 aliphatic heterocycles. The summed E-state index contributed by atoms with van der Waals surface area (Å²) in [5.41, 5.74) is 8.80. The second-order valence-corrected chi connectivity index (χ2v) is 10.1. The van der Waals surface area contributed by atoms with Crippen LogP contribution >= 0.6 is 0 Å². The summed E-state index contributed by atoms with van der Waals surface area (Å²) in [5.74, 6) is 2.08. The van der Waals surface area contributed by atoms with Crippen LogP contribution in [0.15, 0.2) is 72.6 Å². The molecule has 1 saturated carbocycles. The molecule has 2 aromatic heterocycles. The number of aromatic nitrogens is 4. The van der Waals surface area contributed by atoms with E-state index in [2.05, 4.69) is 16.0 Å². The van der Waals surface area contributed by atoms with E-state index in [0.717, 1.165) is 42.7 Å². The Morgan fingerprint density at radius 2 is 1.85 bits per heavy atom. The second kappa shape index (κ2) is 10.6. The van der Waals surface area contributed by atoms with E-state index < -0.39 is 0 Å². The number of hydrogen-bond donors (Lipinski definition) is 1. The number of carbonyl (C=O) groups is 1. The van der Waals surface area contributed by atoms with Crippen LogP contribution in [0, 0.1) is 17.2 Å². The van der Waals surface area contributed by atoms with Gasteiger partial charge in [0.05, 0.1) is 5.39 Å². The van der Waals surface area contributed by atoms with Gasteiger partial charge in [-0.2, -0.15) is 10.4 Å². The van der Waals surface area contributed by atoms with Gasteiger partial charge in [-0.3, -0.25) is 4.79 Å². The molecule has 0 unspecified atom stereocenters. The normalized spacial score (nSPS) is 17.4. The highest BCUT2D eigenvalue weighted by atomic mass is 16.5. The van der Waals surface area contributed by atoms with E-state index in [1.165, 1.54) is 6.33 Å². The van der Waals surface area contributed by atoms with Crippen LogP contribution in [0.5, 0.6) is 11.5 Å². The van der Waals surface area contributed by atoms with Gasteiger partial charge in [-0.25, -0.2) is 14.6 Å². The molecule has 39 heavy (non-hydrogen) atoms. The first kappa shape index (κ1) is 24.6. The number of likely N-dealkylation sites (tertiary alicyclic amines) is 1. The number of nitrogens with zero attached hydrogens (tertiary/aromatic N) is 6. The Morgan fingerprint density at radius 1 is 1.08 bits per heavy atom. The Hall–Kier alpha value is -4.71. The van der Waals surface area contributed by atoms with Gasteiger partial charge < -0.3 is 15.4 Å². The van der Waals surface area contributed by atoms with Crippen molar-refractivity contribution in [2.75, 3.05) is 12.3 Å². The Kier molecular flexibility index (Phi) is 6.68. The predicted octanol–water partition coefficient (Wildman–Crippen LogP) is 5.11. The van der Waals surface area contributed by atoms with Gasteiger partial charge >= 0.3 is 0 Å². The lowest BCUT2D eigenvalue weighted by atomic mass is 10.1. The zero-order valence-corrected chi connectivity index (χ0v) is 21.5. The van der Waals surface area contributed by atoms with Crippen molar-refractivity contribution in [3.63, 3.8) is 0 Å². The molecule has 2 N–H and O–H groups in total. The maximum absolute atomic E-state index is 13.1. The van der Waals surface area contributed by atoms with Crippen LogP contribution in [0.4, 0.5) is 5.82 Å². The molecule has 196 valence electrons.